The molecule has 1 aromatic carbocycles. The lowest BCUT2D eigenvalue weighted by molar-refractivity contribution is 0.199. The van der Waals surface area contributed by atoms with Gasteiger partial charge in [-0.2, -0.15) is 5.10 Å². The third-order valence-corrected chi connectivity index (χ3v) is 5.05. The number of nitrogens with zero attached hydrogens (tertiary/aromatic N) is 4. The summed E-state index contributed by atoms with van der Waals surface area (Å²) in [4.78, 5) is 0. The summed E-state index contributed by atoms with van der Waals surface area (Å²) in [5.41, 5.74) is 4.12. The molecular formula is C22H25FN4O2. The number of aryl methyl sites for hydroxylation is 2. The Morgan fingerprint density at radius 1 is 1.31 bits per heavy atom. The van der Waals surface area contributed by atoms with E-state index in [4.69, 9.17) is 4.74 Å². The third kappa shape index (κ3) is 3.82. The predicted molar refractivity (Wildman–Crippen MR) is 109 cm³/mol. The molecule has 0 spiro atoms. The predicted octanol–water partition coefficient (Wildman–Crippen LogP) is 4.10. The van der Waals surface area contributed by atoms with E-state index >= 15 is 0 Å². The van der Waals surface area contributed by atoms with Gasteiger partial charge in [-0.3, -0.25) is 9.36 Å². The number of aromatic nitrogens is 4. The van der Waals surface area contributed by atoms with Crippen molar-refractivity contribution in [2.24, 2.45) is 7.05 Å². The lowest BCUT2D eigenvalue weighted by Crippen LogP contribution is -2.01. The number of hydrogen-bond acceptors (Lipinski definition) is 4. The molecule has 1 fully saturated rings. The SMILES string of the molecule is C=C(c1cn(CC)nc1OC1CC1)c1cn(C)nc1-c1ccc(F)cc1[C@@H](C)O. The van der Waals surface area contributed by atoms with Crippen molar-refractivity contribution in [3.8, 4) is 17.1 Å². The van der Waals surface area contributed by atoms with Crippen molar-refractivity contribution >= 4 is 5.57 Å². The molecule has 1 aliphatic rings. The second-order valence-corrected chi connectivity index (χ2v) is 7.47. The van der Waals surface area contributed by atoms with Crippen molar-refractivity contribution < 1.29 is 14.2 Å². The summed E-state index contributed by atoms with van der Waals surface area (Å²) in [6, 6.07) is 4.37. The Hall–Kier alpha value is -2.93. The van der Waals surface area contributed by atoms with E-state index in [9.17, 15) is 9.50 Å². The van der Waals surface area contributed by atoms with Crippen LogP contribution < -0.4 is 4.74 Å². The van der Waals surface area contributed by atoms with Crippen molar-refractivity contribution in [1.29, 1.82) is 0 Å². The van der Waals surface area contributed by atoms with Crippen LogP contribution in [0.3, 0.4) is 0 Å². The van der Waals surface area contributed by atoms with Gasteiger partial charge in [0.1, 0.15) is 17.6 Å². The van der Waals surface area contributed by atoms with E-state index in [1.54, 1.807) is 17.7 Å². The first-order valence-corrected chi connectivity index (χ1v) is 9.82. The highest BCUT2D eigenvalue weighted by Gasteiger charge is 2.28. The number of hydrogen-bond donors (Lipinski definition) is 1. The Kier molecular flexibility index (Phi) is 5.00. The molecule has 0 aliphatic heterocycles. The Morgan fingerprint density at radius 3 is 2.72 bits per heavy atom. The molecular weight excluding hydrogens is 371 g/mol. The van der Waals surface area contributed by atoms with E-state index in [2.05, 4.69) is 16.8 Å². The molecule has 1 atom stereocenters. The maximum absolute atomic E-state index is 13.8. The number of aliphatic hydroxyl groups is 1. The minimum Gasteiger partial charge on any atom is -0.473 e. The molecule has 3 aromatic rings. The van der Waals surface area contributed by atoms with Gasteiger partial charge < -0.3 is 9.84 Å². The second-order valence-electron chi connectivity index (χ2n) is 7.47. The van der Waals surface area contributed by atoms with E-state index < -0.39 is 11.9 Å². The highest BCUT2D eigenvalue weighted by Crippen LogP contribution is 2.38. The number of aliphatic hydroxyl groups excluding tert-OH is 1. The van der Waals surface area contributed by atoms with Crippen LogP contribution in [0.1, 0.15) is 49.5 Å². The first-order chi connectivity index (χ1) is 13.9. The van der Waals surface area contributed by atoms with Gasteiger partial charge in [-0.1, -0.05) is 6.58 Å². The number of benzene rings is 1. The second kappa shape index (κ2) is 7.48. The first-order valence-electron chi connectivity index (χ1n) is 9.82. The Labute approximate surface area is 169 Å². The normalized spacial score (nSPS) is 14.8. The summed E-state index contributed by atoms with van der Waals surface area (Å²) in [6.07, 6.45) is 5.26. The summed E-state index contributed by atoms with van der Waals surface area (Å²) in [6.45, 7) is 8.65. The zero-order valence-corrected chi connectivity index (χ0v) is 16.9. The van der Waals surface area contributed by atoms with Crippen LogP contribution in [-0.2, 0) is 13.6 Å². The highest BCUT2D eigenvalue weighted by molar-refractivity contribution is 5.88. The molecule has 2 aromatic heterocycles. The van der Waals surface area contributed by atoms with E-state index in [-0.39, 0.29) is 6.10 Å². The van der Waals surface area contributed by atoms with Gasteiger partial charge in [0, 0.05) is 37.1 Å². The lowest BCUT2D eigenvalue weighted by atomic mass is 9.94. The molecule has 0 unspecified atom stereocenters. The van der Waals surface area contributed by atoms with Crippen molar-refractivity contribution in [3.63, 3.8) is 0 Å². The Bertz CT molecular complexity index is 1060. The first kappa shape index (κ1) is 19.4. The smallest absolute Gasteiger partial charge is 0.241 e. The summed E-state index contributed by atoms with van der Waals surface area (Å²) < 4.78 is 23.3. The molecule has 0 bridgehead atoms. The minimum atomic E-state index is -0.833. The van der Waals surface area contributed by atoms with Gasteiger partial charge in [0.05, 0.1) is 11.7 Å². The fraction of sp³-hybridized carbons (Fsp3) is 0.364. The fourth-order valence-electron chi connectivity index (χ4n) is 3.35. The Balaban J connectivity index is 1.80. The van der Waals surface area contributed by atoms with Gasteiger partial charge in [-0.15, -0.1) is 5.10 Å². The van der Waals surface area contributed by atoms with Gasteiger partial charge in [0.25, 0.3) is 0 Å². The summed E-state index contributed by atoms with van der Waals surface area (Å²) in [5, 5.41) is 19.3. The van der Waals surface area contributed by atoms with Gasteiger partial charge in [0.15, 0.2) is 0 Å². The topological polar surface area (TPSA) is 65.1 Å². The van der Waals surface area contributed by atoms with Crippen LogP contribution in [0.15, 0.2) is 37.2 Å². The molecule has 2 heterocycles. The Morgan fingerprint density at radius 2 is 2.07 bits per heavy atom. The molecule has 0 radical (unpaired) electrons. The molecule has 1 saturated carbocycles. The number of rotatable bonds is 7. The summed E-state index contributed by atoms with van der Waals surface area (Å²) in [7, 11) is 1.82. The molecule has 1 aliphatic carbocycles. The fourth-order valence-corrected chi connectivity index (χ4v) is 3.35. The maximum Gasteiger partial charge on any atom is 0.241 e. The average molecular weight is 396 g/mol. The maximum atomic E-state index is 13.8. The number of halogens is 1. The molecule has 7 heteroatoms. The largest absolute Gasteiger partial charge is 0.473 e. The summed E-state index contributed by atoms with van der Waals surface area (Å²) in [5.74, 6) is 0.175. The standard InChI is InChI=1S/C22H25FN4O2/c1-5-27-12-20(22(25-27)29-16-7-8-16)13(2)19-11-26(4)24-21(19)17-9-6-15(23)10-18(17)14(3)28/h6,9-12,14,16,28H,2,5,7-8H2,1,3-4H3/t14-/m1/s1. The van der Waals surface area contributed by atoms with Crippen molar-refractivity contribution in [3.05, 3.63) is 59.7 Å². The highest BCUT2D eigenvalue weighted by atomic mass is 19.1. The zero-order valence-electron chi connectivity index (χ0n) is 16.9. The van der Waals surface area contributed by atoms with Crippen LogP contribution >= 0.6 is 0 Å². The average Bonchev–Trinajstić information content (AvgIpc) is 3.27. The van der Waals surface area contributed by atoms with E-state index in [0.29, 0.717) is 22.7 Å². The molecule has 6 nitrogen and oxygen atoms in total. The van der Waals surface area contributed by atoms with Gasteiger partial charge >= 0.3 is 0 Å². The van der Waals surface area contributed by atoms with Crippen LogP contribution in [-0.4, -0.2) is 30.8 Å². The molecule has 1 N–H and O–H groups in total. The van der Waals surface area contributed by atoms with E-state index in [1.165, 1.54) is 12.1 Å². The van der Waals surface area contributed by atoms with Crippen LogP contribution in [0.2, 0.25) is 0 Å². The van der Waals surface area contributed by atoms with Crippen molar-refractivity contribution in [2.75, 3.05) is 0 Å². The monoisotopic (exact) mass is 396 g/mol. The van der Waals surface area contributed by atoms with E-state index in [1.807, 2.05) is 31.0 Å². The van der Waals surface area contributed by atoms with Crippen LogP contribution in [0.25, 0.3) is 16.8 Å². The van der Waals surface area contributed by atoms with Crippen LogP contribution in [0.4, 0.5) is 4.39 Å². The molecule has 29 heavy (non-hydrogen) atoms. The molecule has 152 valence electrons. The number of ether oxygens (including phenoxy) is 1. The van der Waals surface area contributed by atoms with Crippen molar-refractivity contribution in [1.82, 2.24) is 19.6 Å². The molecule has 0 amide bonds. The minimum absolute atomic E-state index is 0.217. The molecule has 0 saturated heterocycles. The summed E-state index contributed by atoms with van der Waals surface area (Å²) >= 11 is 0. The van der Waals surface area contributed by atoms with E-state index in [0.717, 1.165) is 36.1 Å². The quantitative estimate of drug-likeness (QED) is 0.653. The van der Waals surface area contributed by atoms with Crippen LogP contribution in [0, 0.1) is 5.82 Å². The molecule has 4 rings (SSSR count). The van der Waals surface area contributed by atoms with Gasteiger partial charge in [-0.25, -0.2) is 4.39 Å². The third-order valence-electron chi connectivity index (χ3n) is 5.05. The van der Waals surface area contributed by atoms with Gasteiger partial charge in [-0.05, 0) is 56.0 Å². The lowest BCUT2D eigenvalue weighted by Gasteiger charge is -2.13. The van der Waals surface area contributed by atoms with Crippen molar-refractivity contribution in [2.45, 2.75) is 45.4 Å². The van der Waals surface area contributed by atoms with Crippen LogP contribution in [0.5, 0.6) is 5.88 Å². The zero-order chi connectivity index (χ0) is 20.7. The van der Waals surface area contributed by atoms with Gasteiger partial charge in [0.2, 0.25) is 5.88 Å².